The second-order valence-corrected chi connectivity index (χ2v) is 11.9. The number of aliphatic hydroxyl groups is 1. The van der Waals surface area contributed by atoms with Crippen LogP contribution in [0.15, 0.2) is 24.3 Å². The molecule has 37 heavy (non-hydrogen) atoms. The van der Waals surface area contributed by atoms with E-state index in [1.807, 2.05) is 18.2 Å². The zero-order valence-electron chi connectivity index (χ0n) is 22.8. The maximum atomic E-state index is 13.1. The van der Waals surface area contributed by atoms with Crippen molar-refractivity contribution in [1.29, 1.82) is 0 Å². The van der Waals surface area contributed by atoms with E-state index in [1.54, 1.807) is 48.7 Å². The zero-order chi connectivity index (χ0) is 27.2. The molecule has 10 nitrogen and oxygen atoms in total. The molecule has 0 radical (unpaired) electrons. The van der Waals surface area contributed by atoms with Crippen molar-refractivity contribution in [3.8, 4) is 11.5 Å². The molecule has 0 fully saturated rings. The number of aliphatic hydroxyl groups excluding tert-OH is 1. The number of methoxy groups -OCH3 is 1. The summed E-state index contributed by atoms with van der Waals surface area (Å²) in [7, 11) is 1.62. The van der Waals surface area contributed by atoms with Crippen molar-refractivity contribution in [3.05, 3.63) is 35.4 Å². The van der Waals surface area contributed by atoms with E-state index < -0.39 is 34.9 Å². The van der Waals surface area contributed by atoms with Crippen molar-refractivity contribution in [3.63, 3.8) is 0 Å². The molecule has 0 saturated heterocycles. The van der Waals surface area contributed by atoms with Crippen LogP contribution in [0, 0.1) is 0 Å². The van der Waals surface area contributed by atoms with Gasteiger partial charge in [-0.1, -0.05) is 18.2 Å². The van der Waals surface area contributed by atoms with Crippen molar-refractivity contribution in [2.45, 2.75) is 89.8 Å². The fraction of sp³-hybridized carbons (Fsp3) is 0.630. The molecule has 2 unspecified atom stereocenters. The largest absolute Gasteiger partial charge is 0.493 e. The van der Waals surface area contributed by atoms with Crippen LogP contribution in [0.1, 0.15) is 65.5 Å². The number of rotatable bonds is 3. The first-order chi connectivity index (χ1) is 17.2. The minimum atomic E-state index is -0.745. The average molecular weight is 518 g/mol. The standard InChI is InChI=1S/C27H39N3O7/c1-25(2,3)36-23(32)28-30(24(33)37-26(4,5)6)16-29-13-12-27-11-10-18(31)14-20(27)35-22-19(34-7)9-8-17(15-29)21(22)27/h8-11,18,20,31H,12-16H2,1-7H3,(H,28,32)/t18?,20-,27?/m1/s1. The van der Waals surface area contributed by atoms with Crippen molar-refractivity contribution >= 4 is 12.2 Å². The summed E-state index contributed by atoms with van der Waals surface area (Å²) in [4.78, 5) is 27.7. The van der Waals surface area contributed by atoms with Crippen LogP contribution < -0.4 is 14.9 Å². The molecule has 1 aliphatic carbocycles. The monoisotopic (exact) mass is 517 g/mol. The second-order valence-electron chi connectivity index (χ2n) is 11.9. The van der Waals surface area contributed by atoms with E-state index in [9.17, 15) is 14.7 Å². The van der Waals surface area contributed by atoms with Crippen molar-refractivity contribution in [1.82, 2.24) is 15.3 Å². The van der Waals surface area contributed by atoms with Gasteiger partial charge in [-0.2, -0.15) is 0 Å². The van der Waals surface area contributed by atoms with E-state index in [1.165, 1.54) is 0 Å². The number of hydrogen-bond donors (Lipinski definition) is 2. The van der Waals surface area contributed by atoms with Crippen molar-refractivity contribution < 1.29 is 33.6 Å². The molecule has 4 rings (SSSR count). The van der Waals surface area contributed by atoms with E-state index in [0.717, 1.165) is 16.1 Å². The highest BCUT2D eigenvalue weighted by Crippen LogP contribution is 2.55. The van der Waals surface area contributed by atoms with Crippen LogP contribution in [0.25, 0.3) is 0 Å². The Bertz CT molecular complexity index is 1070. The highest BCUT2D eigenvalue weighted by molar-refractivity contribution is 5.74. The van der Waals surface area contributed by atoms with E-state index >= 15 is 0 Å². The van der Waals surface area contributed by atoms with Crippen molar-refractivity contribution in [2.75, 3.05) is 20.3 Å². The average Bonchev–Trinajstić information content (AvgIpc) is 3.00. The normalized spacial score (nSPS) is 24.8. The fourth-order valence-corrected chi connectivity index (χ4v) is 5.18. The van der Waals surface area contributed by atoms with Crippen molar-refractivity contribution in [2.24, 2.45) is 0 Å². The summed E-state index contributed by atoms with van der Waals surface area (Å²) >= 11 is 0. The summed E-state index contributed by atoms with van der Waals surface area (Å²) in [5.41, 5.74) is 2.78. The minimum absolute atomic E-state index is 0.0862. The van der Waals surface area contributed by atoms with Crippen LogP contribution in [-0.2, 0) is 21.4 Å². The maximum absolute atomic E-state index is 13.1. The van der Waals surface area contributed by atoms with Crippen LogP contribution >= 0.6 is 0 Å². The lowest BCUT2D eigenvalue weighted by atomic mass is 9.69. The molecule has 3 aliphatic rings. The number of benzene rings is 1. The van der Waals surface area contributed by atoms with Gasteiger partial charge >= 0.3 is 12.2 Å². The van der Waals surface area contributed by atoms with E-state index in [4.69, 9.17) is 18.9 Å². The molecule has 2 heterocycles. The highest BCUT2D eigenvalue weighted by Gasteiger charge is 2.53. The first-order valence-corrected chi connectivity index (χ1v) is 12.7. The first kappa shape index (κ1) is 27.1. The Balaban J connectivity index is 1.63. The number of hydrogen-bond acceptors (Lipinski definition) is 8. The molecule has 0 bridgehead atoms. The lowest BCUT2D eigenvalue weighted by Crippen LogP contribution is -2.54. The Morgan fingerprint density at radius 3 is 2.54 bits per heavy atom. The van der Waals surface area contributed by atoms with Gasteiger partial charge in [-0.15, -0.1) is 0 Å². The zero-order valence-corrected chi connectivity index (χ0v) is 22.8. The smallest absolute Gasteiger partial charge is 0.430 e. The molecule has 1 aromatic rings. The van der Waals surface area contributed by atoms with Gasteiger partial charge in [-0.05, 0) is 59.6 Å². The predicted octanol–water partition coefficient (Wildman–Crippen LogP) is 3.85. The maximum Gasteiger partial charge on any atom is 0.430 e. The summed E-state index contributed by atoms with van der Waals surface area (Å²) < 4.78 is 22.9. The van der Waals surface area contributed by atoms with Gasteiger partial charge in [-0.25, -0.2) is 20.0 Å². The van der Waals surface area contributed by atoms with Gasteiger partial charge in [0.2, 0.25) is 0 Å². The highest BCUT2D eigenvalue weighted by atomic mass is 16.6. The Morgan fingerprint density at radius 1 is 1.19 bits per heavy atom. The molecule has 1 aromatic carbocycles. The van der Waals surface area contributed by atoms with Crippen LogP contribution in [0.4, 0.5) is 9.59 Å². The van der Waals surface area contributed by atoms with E-state index in [0.29, 0.717) is 37.4 Å². The van der Waals surface area contributed by atoms with Crippen LogP contribution in [-0.4, -0.2) is 70.9 Å². The molecule has 3 atom stereocenters. The molecule has 0 saturated carbocycles. The third kappa shape index (κ3) is 5.80. The summed E-state index contributed by atoms with van der Waals surface area (Å²) in [5, 5.41) is 11.5. The third-order valence-electron chi connectivity index (χ3n) is 6.62. The Labute approximate surface area is 218 Å². The number of nitrogens with one attached hydrogen (secondary N) is 1. The fourth-order valence-electron chi connectivity index (χ4n) is 5.18. The van der Waals surface area contributed by atoms with Gasteiger partial charge in [0.25, 0.3) is 0 Å². The van der Waals surface area contributed by atoms with Crippen LogP contribution in [0.2, 0.25) is 0 Å². The molecular formula is C27H39N3O7. The Hall–Kier alpha value is -2.98. The quantitative estimate of drug-likeness (QED) is 0.460. The van der Waals surface area contributed by atoms with Crippen LogP contribution in [0.5, 0.6) is 11.5 Å². The minimum Gasteiger partial charge on any atom is -0.493 e. The SMILES string of the molecule is COc1ccc2c3c1O[C@@H]1CC(O)C=CC31CCN(CN(NC(=O)OC(C)(C)C)C(=O)OC(C)(C)C)C2. The molecule has 10 heteroatoms. The van der Waals surface area contributed by atoms with Gasteiger partial charge in [0.1, 0.15) is 17.3 Å². The molecule has 2 N–H and O–H groups in total. The third-order valence-corrected chi connectivity index (χ3v) is 6.62. The first-order valence-electron chi connectivity index (χ1n) is 12.7. The lowest BCUT2D eigenvalue weighted by Gasteiger charge is -2.36. The molecule has 2 amide bonds. The molecule has 0 aromatic heterocycles. The molecule has 204 valence electrons. The van der Waals surface area contributed by atoms with Gasteiger partial charge in [0.05, 0.1) is 25.3 Å². The lowest BCUT2D eigenvalue weighted by molar-refractivity contribution is -0.0140. The number of carbonyl (C=O) groups is 2. The number of hydrazine groups is 1. The summed E-state index contributed by atoms with van der Waals surface area (Å²) in [5.74, 6) is 1.37. The molecule has 1 spiro atoms. The predicted molar refractivity (Wildman–Crippen MR) is 136 cm³/mol. The summed E-state index contributed by atoms with van der Waals surface area (Å²) in [6.07, 6.45) is 2.87. The van der Waals surface area contributed by atoms with Crippen LogP contribution in [0.3, 0.4) is 0 Å². The Kier molecular flexibility index (Phi) is 7.11. The van der Waals surface area contributed by atoms with Gasteiger partial charge in [0.15, 0.2) is 11.5 Å². The number of carbonyl (C=O) groups excluding carboxylic acids is 2. The van der Waals surface area contributed by atoms with Gasteiger partial charge < -0.3 is 24.1 Å². The van der Waals surface area contributed by atoms with Gasteiger partial charge in [-0.3, -0.25) is 4.90 Å². The summed E-state index contributed by atoms with van der Waals surface area (Å²) in [6.45, 7) is 11.8. The number of ether oxygens (including phenoxy) is 4. The molecule has 2 aliphatic heterocycles. The van der Waals surface area contributed by atoms with E-state index in [2.05, 4.69) is 16.4 Å². The van der Waals surface area contributed by atoms with Gasteiger partial charge in [0, 0.05) is 25.1 Å². The number of amides is 2. The molecular weight excluding hydrogens is 478 g/mol. The second kappa shape index (κ2) is 9.72. The van der Waals surface area contributed by atoms with E-state index in [-0.39, 0.29) is 12.8 Å². The Morgan fingerprint density at radius 2 is 1.89 bits per heavy atom. The topological polar surface area (TPSA) is 110 Å². The summed E-state index contributed by atoms with van der Waals surface area (Å²) in [6, 6.07) is 3.90. The number of nitrogens with zero attached hydrogens (tertiary/aromatic N) is 2.